The van der Waals surface area contributed by atoms with Crippen molar-refractivity contribution >= 4 is 68.3 Å². The summed E-state index contributed by atoms with van der Waals surface area (Å²) in [4.78, 5) is 55.1. The molecule has 2 fully saturated rings. The summed E-state index contributed by atoms with van der Waals surface area (Å²) in [6.07, 6.45) is 3.73. The summed E-state index contributed by atoms with van der Waals surface area (Å²) in [6.45, 7) is 0. The Morgan fingerprint density at radius 1 is 0.946 bits per heavy atom. The topological polar surface area (TPSA) is 101 Å². The molecule has 6 rings (SSSR count). The summed E-state index contributed by atoms with van der Waals surface area (Å²) < 4.78 is 0.806. The number of carbonyl (C=O) groups excluding carboxylic acids is 3. The van der Waals surface area contributed by atoms with Gasteiger partial charge in [0.05, 0.1) is 28.5 Å². The third-order valence-corrected chi connectivity index (χ3v) is 7.95. The van der Waals surface area contributed by atoms with Gasteiger partial charge in [0.15, 0.2) is 5.78 Å². The Hall–Kier alpha value is -3.82. The fourth-order valence-corrected chi connectivity index (χ4v) is 6.02. The van der Waals surface area contributed by atoms with E-state index in [0.717, 1.165) is 14.9 Å². The molecule has 37 heavy (non-hydrogen) atoms. The van der Waals surface area contributed by atoms with Gasteiger partial charge >= 0.3 is 0 Å². The second-order valence-electron chi connectivity index (χ2n) is 9.11. The Labute approximate surface area is 224 Å². The van der Waals surface area contributed by atoms with E-state index in [2.05, 4.69) is 15.9 Å². The van der Waals surface area contributed by atoms with Crippen LogP contribution in [0, 0.1) is 22.0 Å². The van der Waals surface area contributed by atoms with Crippen molar-refractivity contribution < 1.29 is 19.3 Å². The van der Waals surface area contributed by atoms with Crippen LogP contribution in [0.1, 0.15) is 15.9 Å². The zero-order valence-electron chi connectivity index (χ0n) is 19.0. The van der Waals surface area contributed by atoms with Gasteiger partial charge in [-0.05, 0) is 42.0 Å². The minimum Gasteiger partial charge on any atom is -0.352 e. The summed E-state index contributed by atoms with van der Waals surface area (Å²) in [5.74, 6) is -2.99. The van der Waals surface area contributed by atoms with Crippen molar-refractivity contribution in [3.05, 3.63) is 104 Å². The molecular formula is C27H17BrClN3O5. The normalized spacial score (nSPS) is 23.6. The van der Waals surface area contributed by atoms with Crippen molar-refractivity contribution in [3.63, 3.8) is 0 Å². The van der Waals surface area contributed by atoms with Crippen LogP contribution in [-0.2, 0) is 9.59 Å². The molecular weight excluding hydrogens is 562 g/mol. The maximum atomic E-state index is 14.0. The minimum absolute atomic E-state index is 0.152. The van der Waals surface area contributed by atoms with Crippen LogP contribution in [0.5, 0.6) is 0 Å². The number of amides is 2. The Bertz CT molecular complexity index is 1520. The molecule has 184 valence electrons. The first-order valence-electron chi connectivity index (χ1n) is 11.4. The number of anilines is 2. The van der Waals surface area contributed by atoms with E-state index in [4.69, 9.17) is 11.6 Å². The molecule has 4 atom stereocenters. The number of hydrogen-bond donors (Lipinski definition) is 0. The Morgan fingerprint density at radius 3 is 2.30 bits per heavy atom. The number of halogens is 2. The first-order chi connectivity index (χ1) is 17.8. The lowest BCUT2D eigenvalue weighted by atomic mass is 9.86. The van der Waals surface area contributed by atoms with Crippen molar-refractivity contribution in [2.24, 2.45) is 11.8 Å². The van der Waals surface area contributed by atoms with Gasteiger partial charge in [0, 0.05) is 32.9 Å². The predicted molar refractivity (Wildman–Crippen MR) is 142 cm³/mol. The Morgan fingerprint density at radius 2 is 1.62 bits per heavy atom. The number of nitro benzene ring substituents is 1. The molecule has 0 aliphatic carbocycles. The lowest BCUT2D eigenvalue weighted by Gasteiger charge is -2.36. The zero-order chi connectivity index (χ0) is 26.0. The zero-order valence-corrected chi connectivity index (χ0v) is 21.3. The van der Waals surface area contributed by atoms with Crippen molar-refractivity contribution in [1.82, 2.24) is 0 Å². The van der Waals surface area contributed by atoms with Gasteiger partial charge in [-0.25, -0.2) is 4.90 Å². The second-order valence-corrected chi connectivity index (χ2v) is 10.5. The van der Waals surface area contributed by atoms with Gasteiger partial charge in [-0.1, -0.05) is 57.9 Å². The van der Waals surface area contributed by atoms with Crippen molar-refractivity contribution in [1.29, 1.82) is 0 Å². The molecule has 3 aliphatic heterocycles. The van der Waals surface area contributed by atoms with Crippen LogP contribution in [-0.4, -0.2) is 34.6 Å². The van der Waals surface area contributed by atoms with Gasteiger partial charge in [-0.15, -0.1) is 0 Å². The predicted octanol–water partition coefficient (Wildman–Crippen LogP) is 5.28. The van der Waals surface area contributed by atoms with E-state index in [1.54, 1.807) is 36.4 Å². The number of benzene rings is 3. The smallest absolute Gasteiger partial charge is 0.269 e. The van der Waals surface area contributed by atoms with Gasteiger partial charge < -0.3 is 4.90 Å². The van der Waals surface area contributed by atoms with Crippen molar-refractivity contribution in [3.8, 4) is 0 Å². The molecule has 4 unspecified atom stereocenters. The van der Waals surface area contributed by atoms with E-state index in [1.165, 1.54) is 24.3 Å². The third-order valence-electron chi connectivity index (χ3n) is 7.19. The first-order valence-corrected chi connectivity index (χ1v) is 12.6. The molecule has 10 heteroatoms. The molecule has 2 amide bonds. The van der Waals surface area contributed by atoms with Gasteiger partial charge in [0.25, 0.3) is 5.69 Å². The SMILES string of the molecule is O=C(c1ccc(Br)cc1)C1C2C(=O)N(c3ccc([N+](=O)[O-])cc3)C(=O)C2C2C=Cc3ccc(Cl)cc3N21. The van der Waals surface area contributed by atoms with Gasteiger partial charge in [0.1, 0.15) is 6.04 Å². The third kappa shape index (κ3) is 3.60. The minimum atomic E-state index is -0.946. The maximum absolute atomic E-state index is 14.0. The van der Waals surface area contributed by atoms with E-state index in [1.807, 2.05) is 23.1 Å². The summed E-state index contributed by atoms with van der Waals surface area (Å²) in [6, 6.07) is 16.0. The highest BCUT2D eigenvalue weighted by atomic mass is 79.9. The number of fused-ring (bicyclic) bond motifs is 5. The van der Waals surface area contributed by atoms with Crippen LogP contribution in [0.2, 0.25) is 5.02 Å². The van der Waals surface area contributed by atoms with E-state index in [-0.39, 0.29) is 17.2 Å². The number of ketones is 1. The Kier molecular flexibility index (Phi) is 5.50. The number of nitro groups is 1. The van der Waals surface area contributed by atoms with Crippen LogP contribution in [0.4, 0.5) is 17.1 Å². The molecule has 2 saturated heterocycles. The fraction of sp³-hybridized carbons (Fsp3) is 0.148. The molecule has 0 N–H and O–H groups in total. The largest absolute Gasteiger partial charge is 0.352 e. The quantitative estimate of drug-likeness (QED) is 0.181. The summed E-state index contributed by atoms with van der Waals surface area (Å²) in [5.41, 5.74) is 2.02. The summed E-state index contributed by atoms with van der Waals surface area (Å²) in [5, 5.41) is 11.5. The molecule has 0 saturated carbocycles. The van der Waals surface area contributed by atoms with Crippen LogP contribution in [0.25, 0.3) is 6.08 Å². The van der Waals surface area contributed by atoms with Gasteiger partial charge in [-0.3, -0.25) is 24.5 Å². The Balaban J connectivity index is 1.47. The van der Waals surface area contributed by atoms with Crippen LogP contribution >= 0.6 is 27.5 Å². The highest BCUT2D eigenvalue weighted by Crippen LogP contribution is 2.50. The molecule has 0 spiro atoms. The summed E-state index contributed by atoms with van der Waals surface area (Å²) in [7, 11) is 0. The molecule has 0 bridgehead atoms. The van der Waals surface area contributed by atoms with E-state index >= 15 is 0 Å². The molecule has 3 heterocycles. The molecule has 0 radical (unpaired) electrons. The number of Topliss-reactive ketones (excluding diaryl/α,β-unsaturated/α-hetero) is 1. The number of carbonyl (C=O) groups is 3. The molecule has 0 aromatic heterocycles. The number of imide groups is 1. The number of non-ortho nitro benzene ring substituents is 1. The summed E-state index contributed by atoms with van der Waals surface area (Å²) >= 11 is 9.69. The first kappa shape index (κ1) is 23.6. The molecule has 3 aromatic rings. The molecule has 8 nitrogen and oxygen atoms in total. The van der Waals surface area contributed by atoms with Crippen LogP contribution in [0.3, 0.4) is 0 Å². The van der Waals surface area contributed by atoms with E-state index in [9.17, 15) is 24.5 Å². The number of hydrogen-bond acceptors (Lipinski definition) is 6. The lowest BCUT2D eigenvalue weighted by molar-refractivity contribution is -0.384. The highest BCUT2D eigenvalue weighted by Gasteiger charge is 2.64. The van der Waals surface area contributed by atoms with Crippen LogP contribution < -0.4 is 9.80 Å². The molecule has 3 aromatic carbocycles. The van der Waals surface area contributed by atoms with Crippen LogP contribution in [0.15, 0.2) is 77.3 Å². The maximum Gasteiger partial charge on any atom is 0.269 e. The lowest BCUT2D eigenvalue weighted by Crippen LogP contribution is -2.48. The average Bonchev–Trinajstić information content (AvgIpc) is 3.36. The van der Waals surface area contributed by atoms with Gasteiger partial charge in [0.2, 0.25) is 11.8 Å². The van der Waals surface area contributed by atoms with E-state index < -0.39 is 40.7 Å². The number of nitrogens with zero attached hydrogens (tertiary/aromatic N) is 3. The van der Waals surface area contributed by atoms with Crippen molar-refractivity contribution in [2.75, 3.05) is 9.80 Å². The van der Waals surface area contributed by atoms with Gasteiger partial charge in [-0.2, -0.15) is 0 Å². The second kappa shape index (κ2) is 8.64. The highest BCUT2D eigenvalue weighted by molar-refractivity contribution is 9.10. The monoisotopic (exact) mass is 577 g/mol. The average molecular weight is 579 g/mol. The van der Waals surface area contributed by atoms with E-state index in [0.29, 0.717) is 16.3 Å². The fourth-order valence-electron chi connectivity index (χ4n) is 5.59. The number of rotatable bonds is 4. The molecule has 3 aliphatic rings. The van der Waals surface area contributed by atoms with Crippen molar-refractivity contribution in [2.45, 2.75) is 12.1 Å². The standard InChI is InChI=1S/C27H17BrClN3O5/c28-16-5-1-15(2-6-16)25(33)24-23-22(20-12-4-14-3-7-17(29)13-21(14)31(20)24)26(34)30(27(23)35)18-8-10-19(11-9-18)32(36)37/h1-13,20,22-24H.